The zero-order valence-electron chi connectivity index (χ0n) is 15.1. The van der Waals surface area contributed by atoms with E-state index in [0.29, 0.717) is 24.8 Å². The molecule has 0 saturated carbocycles. The van der Waals surface area contributed by atoms with E-state index in [4.69, 9.17) is 0 Å². The standard InChI is InChI=1S/C19H21BrN4O2S/c1-13-8-14(20)2-3-16(13)18(25)24-9-15(10-24)22-4-6-23(7-5-22)19(26)17-11-27-12-21-17/h2-3,8,11-12,15H,4-7,9-10H2,1H3. The maximum absolute atomic E-state index is 12.7. The van der Waals surface area contributed by atoms with E-state index in [9.17, 15) is 9.59 Å². The largest absolute Gasteiger partial charge is 0.335 e. The summed E-state index contributed by atoms with van der Waals surface area (Å²) in [4.78, 5) is 35.3. The van der Waals surface area contributed by atoms with Gasteiger partial charge in [0, 0.05) is 60.7 Å². The van der Waals surface area contributed by atoms with Crippen molar-refractivity contribution >= 4 is 39.1 Å². The Morgan fingerprint density at radius 3 is 2.48 bits per heavy atom. The highest BCUT2D eigenvalue weighted by Gasteiger charge is 2.37. The van der Waals surface area contributed by atoms with Crippen LogP contribution in [0, 0.1) is 6.92 Å². The summed E-state index contributed by atoms with van der Waals surface area (Å²) >= 11 is 4.88. The Balaban J connectivity index is 1.28. The molecular formula is C19H21BrN4O2S. The van der Waals surface area contributed by atoms with Crippen molar-refractivity contribution in [3.05, 3.63) is 50.4 Å². The molecule has 2 aromatic rings. The van der Waals surface area contributed by atoms with Crippen LogP contribution in [0.4, 0.5) is 0 Å². The lowest BCUT2D eigenvalue weighted by atomic mass is 10.0. The third kappa shape index (κ3) is 3.79. The monoisotopic (exact) mass is 448 g/mol. The van der Waals surface area contributed by atoms with Crippen LogP contribution < -0.4 is 0 Å². The van der Waals surface area contributed by atoms with E-state index < -0.39 is 0 Å². The molecule has 0 atom stereocenters. The van der Waals surface area contributed by atoms with Gasteiger partial charge in [0.05, 0.1) is 5.51 Å². The summed E-state index contributed by atoms with van der Waals surface area (Å²) in [5.41, 5.74) is 4.00. The Labute approximate surface area is 170 Å². The van der Waals surface area contributed by atoms with Gasteiger partial charge in [-0.3, -0.25) is 14.5 Å². The maximum atomic E-state index is 12.7. The van der Waals surface area contributed by atoms with Crippen LogP contribution >= 0.6 is 27.3 Å². The maximum Gasteiger partial charge on any atom is 0.273 e. The van der Waals surface area contributed by atoms with Crippen LogP contribution in [-0.2, 0) is 0 Å². The van der Waals surface area contributed by atoms with Crippen molar-refractivity contribution in [2.24, 2.45) is 0 Å². The average molecular weight is 449 g/mol. The number of hydrogen-bond acceptors (Lipinski definition) is 5. The number of aromatic nitrogens is 1. The summed E-state index contributed by atoms with van der Waals surface area (Å²) in [6.45, 7) is 6.61. The van der Waals surface area contributed by atoms with Crippen molar-refractivity contribution in [1.82, 2.24) is 19.7 Å². The van der Waals surface area contributed by atoms with Crippen molar-refractivity contribution in [3.8, 4) is 0 Å². The number of aryl methyl sites for hydroxylation is 1. The SMILES string of the molecule is Cc1cc(Br)ccc1C(=O)N1CC(N2CCN(C(=O)c3cscn3)CC2)C1. The fraction of sp³-hybridized carbons (Fsp3) is 0.421. The van der Waals surface area contributed by atoms with Crippen molar-refractivity contribution in [1.29, 1.82) is 0 Å². The van der Waals surface area contributed by atoms with Crippen molar-refractivity contribution in [2.75, 3.05) is 39.3 Å². The minimum Gasteiger partial charge on any atom is -0.335 e. The summed E-state index contributed by atoms with van der Waals surface area (Å²) in [5.74, 6) is 0.126. The summed E-state index contributed by atoms with van der Waals surface area (Å²) in [7, 11) is 0. The third-order valence-electron chi connectivity index (χ3n) is 5.34. The highest BCUT2D eigenvalue weighted by atomic mass is 79.9. The van der Waals surface area contributed by atoms with E-state index in [1.54, 1.807) is 10.9 Å². The van der Waals surface area contributed by atoms with Crippen molar-refractivity contribution in [2.45, 2.75) is 13.0 Å². The van der Waals surface area contributed by atoms with Gasteiger partial charge in [-0.25, -0.2) is 4.98 Å². The van der Waals surface area contributed by atoms with Crippen LogP contribution in [0.3, 0.4) is 0 Å². The number of benzene rings is 1. The fourth-order valence-corrected chi connectivity index (χ4v) is 4.66. The highest BCUT2D eigenvalue weighted by molar-refractivity contribution is 9.10. The second-order valence-corrected chi connectivity index (χ2v) is 8.66. The second kappa shape index (κ2) is 7.69. The summed E-state index contributed by atoms with van der Waals surface area (Å²) < 4.78 is 0.989. The molecule has 0 aliphatic carbocycles. The molecule has 27 heavy (non-hydrogen) atoms. The van der Waals surface area contributed by atoms with Gasteiger partial charge >= 0.3 is 0 Å². The lowest BCUT2D eigenvalue weighted by molar-refractivity contribution is 0.00840. The van der Waals surface area contributed by atoms with Gasteiger partial charge in [0.15, 0.2) is 0 Å². The number of piperazine rings is 1. The Morgan fingerprint density at radius 1 is 1.11 bits per heavy atom. The Kier molecular flexibility index (Phi) is 5.29. The topological polar surface area (TPSA) is 56.8 Å². The number of carbonyl (C=O) groups excluding carboxylic acids is 2. The van der Waals surface area contributed by atoms with Crippen LogP contribution in [-0.4, -0.2) is 76.8 Å². The minimum absolute atomic E-state index is 0.0204. The lowest BCUT2D eigenvalue weighted by Gasteiger charge is -2.48. The average Bonchev–Trinajstić information content (AvgIpc) is 3.15. The molecule has 2 saturated heterocycles. The van der Waals surface area contributed by atoms with Gasteiger partial charge < -0.3 is 9.80 Å². The Hall–Kier alpha value is -1.77. The first-order valence-corrected chi connectivity index (χ1v) is 10.7. The third-order valence-corrected chi connectivity index (χ3v) is 6.42. The second-order valence-electron chi connectivity index (χ2n) is 7.03. The predicted molar refractivity (Wildman–Crippen MR) is 108 cm³/mol. The van der Waals surface area contributed by atoms with Gasteiger partial charge in [-0.05, 0) is 30.7 Å². The number of halogens is 1. The summed E-state index contributed by atoms with van der Waals surface area (Å²) in [5, 5.41) is 1.80. The summed E-state index contributed by atoms with van der Waals surface area (Å²) in [6.07, 6.45) is 0. The molecule has 3 heterocycles. The van der Waals surface area contributed by atoms with E-state index in [2.05, 4.69) is 25.8 Å². The Bertz CT molecular complexity index is 843. The number of nitrogens with zero attached hydrogens (tertiary/aromatic N) is 4. The van der Waals surface area contributed by atoms with Crippen molar-refractivity contribution in [3.63, 3.8) is 0 Å². The first kappa shape index (κ1) is 18.6. The molecule has 2 aliphatic rings. The zero-order chi connectivity index (χ0) is 19.0. The quantitative estimate of drug-likeness (QED) is 0.723. The fourth-order valence-electron chi connectivity index (χ4n) is 3.66. The zero-order valence-corrected chi connectivity index (χ0v) is 17.5. The molecule has 2 aliphatic heterocycles. The number of thiazole rings is 1. The van der Waals surface area contributed by atoms with E-state index in [1.165, 1.54) is 11.3 Å². The molecule has 0 N–H and O–H groups in total. The van der Waals surface area contributed by atoms with Crippen LogP contribution in [0.1, 0.15) is 26.4 Å². The van der Waals surface area contributed by atoms with Gasteiger partial charge in [-0.1, -0.05) is 15.9 Å². The molecule has 6 nitrogen and oxygen atoms in total. The van der Waals surface area contributed by atoms with Gasteiger partial charge in [-0.15, -0.1) is 11.3 Å². The molecule has 2 amide bonds. The molecule has 8 heteroatoms. The van der Waals surface area contributed by atoms with Crippen molar-refractivity contribution < 1.29 is 9.59 Å². The van der Waals surface area contributed by atoms with E-state index in [-0.39, 0.29) is 11.8 Å². The molecule has 1 aromatic heterocycles. The molecule has 0 spiro atoms. The number of likely N-dealkylation sites (tertiary alicyclic amines) is 1. The van der Waals surface area contributed by atoms with E-state index in [0.717, 1.165) is 41.8 Å². The van der Waals surface area contributed by atoms with Crippen LogP contribution in [0.5, 0.6) is 0 Å². The first-order chi connectivity index (χ1) is 13.0. The predicted octanol–water partition coefficient (Wildman–Crippen LogP) is 2.50. The number of carbonyl (C=O) groups is 2. The number of hydrogen-bond donors (Lipinski definition) is 0. The van der Waals surface area contributed by atoms with Gasteiger partial charge in [0.2, 0.25) is 0 Å². The molecule has 142 valence electrons. The molecule has 1 aromatic carbocycles. The smallest absolute Gasteiger partial charge is 0.273 e. The minimum atomic E-state index is 0.0204. The molecule has 0 radical (unpaired) electrons. The van der Waals surface area contributed by atoms with Crippen LogP contribution in [0.2, 0.25) is 0 Å². The van der Waals surface area contributed by atoms with Crippen LogP contribution in [0.25, 0.3) is 0 Å². The van der Waals surface area contributed by atoms with Gasteiger partial charge in [0.1, 0.15) is 5.69 Å². The molecule has 2 fully saturated rings. The molecular weight excluding hydrogens is 428 g/mol. The molecule has 4 rings (SSSR count). The normalized spacial score (nSPS) is 18.4. The van der Waals surface area contributed by atoms with E-state index in [1.807, 2.05) is 34.9 Å². The lowest BCUT2D eigenvalue weighted by Crippen LogP contribution is -2.64. The first-order valence-electron chi connectivity index (χ1n) is 9.00. The van der Waals surface area contributed by atoms with Crippen LogP contribution in [0.15, 0.2) is 33.6 Å². The van der Waals surface area contributed by atoms with Gasteiger partial charge in [0.25, 0.3) is 11.8 Å². The number of amides is 2. The highest BCUT2D eigenvalue weighted by Crippen LogP contribution is 2.23. The van der Waals surface area contributed by atoms with Gasteiger partial charge in [-0.2, -0.15) is 0 Å². The molecule has 0 unspecified atom stereocenters. The molecule has 0 bridgehead atoms. The number of rotatable bonds is 3. The van der Waals surface area contributed by atoms with E-state index >= 15 is 0 Å². The Morgan fingerprint density at radius 2 is 1.85 bits per heavy atom. The summed E-state index contributed by atoms with van der Waals surface area (Å²) in [6, 6.07) is 6.16.